The standard InChI is InChI=1S/C14H28N2S/c1-4-5-6-7-8-9-11-15-13-16-14(2,3)10-12-17-13/h4-12H2,1-3H3,(H,15,16). The van der Waals surface area contributed by atoms with Gasteiger partial charge >= 0.3 is 0 Å². The minimum absolute atomic E-state index is 0.241. The van der Waals surface area contributed by atoms with E-state index in [1.54, 1.807) is 0 Å². The first-order valence-electron chi connectivity index (χ1n) is 7.09. The third-order valence-electron chi connectivity index (χ3n) is 3.18. The number of aliphatic imine (C=N–C) groups is 1. The van der Waals surface area contributed by atoms with E-state index in [1.165, 1.54) is 50.7 Å². The van der Waals surface area contributed by atoms with Gasteiger partial charge in [0, 0.05) is 17.8 Å². The third kappa shape index (κ3) is 6.97. The van der Waals surface area contributed by atoms with E-state index in [0.29, 0.717) is 0 Å². The first-order chi connectivity index (χ1) is 8.14. The highest BCUT2D eigenvalue weighted by molar-refractivity contribution is 8.13. The van der Waals surface area contributed by atoms with E-state index < -0.39 is 0 Å². The molecule has 2 nitrogen and oxygen atoms in total. The fourth-order valence-corrected chi connectivity index (χ4v) is 3.29. The second-order valence-corrected chi connectivity index (χ2v) is 6.65. The fraction of sp³-hybridized carbons (Fsp3) is 0.929. The molecule has 1 saturated heterocycles. The average Bonchev–Trinajstić information content (AvgIpc) is 2.27. The van der Waals surface area contributed by atoms with E-state index in [-0.39, 0.29) is 5.54 Å². The van der Waals surface area contributed by atoms with Gasteiger partial charge in [0.2, 0.25) is 0 Å². The average molecular weight is 256 g/mol. The molecule has 0 atom stereocenters. The van der Waals surface area contributed by atoms with E-state index in [1.807, 2.05) is 11.8 Å². The molecule has 0 amide bonds. The summed E-state index contributed by atoms with van der Waals surface area (Å²) < 4.78 is 0. The summed E-state index contributed by atoms with van der Waals surface area (Å²) in [4.78, 5) is 4.67. The Morgan fingerprint density at radius 3 is 2.59 bits per heavy atom. The maximum absolute atomic E-state index is 4.67. The van der Waals surface area contributed by atoms with Gasteiger partial charge in [0.1, 0.15) is 0 Å². The molecule has 17 heavy (non-hydrogen) atoms. The van der Waals surface area contributed by atoms with Crippen LogP contribution in [-0.2, 0) is 0 Å². The number of nitrogens with zero attached hydrogens (tertiary/aromatic N) is 1. The summed E-state index contributed by atoms with van der Waals surface area (Å²) in [6, 6.07) is 0. The molecule has 0 aromatic rings. The molecule has 0 radical (unpaired) electrons. The summed E-state index contributed by atoms with van der Waals surface area (Å²) in [7, 11) is 0. The van der Waals surface area contributed by atoms with Gasteiger partial charge in [0.15, 0.2) is 5.17 Å². The van der Waals surface area contributed by atoms with Gasteiger partial charge in [-0.25, -0.2) is 0 Å². The normalized spacial score (nSPS) is 21.5. The van der Waals surface area contributed by atoms with Gasteiger partial charge in [-0.2, -0.15) is 0 Å². The molecule has 1 rings (SSSR count). The molecular weight excluding hydrogens is 228 g/mol. The van der Waals surface area contributed by atoms with Crippen molar-refractivity contribution in [3.05, 3.63) is 0 Å². The van der Waals surface area contributed by atoms with Crippen molar-refractivity contribution in [1.29, 1.82) is 0 Å². The predicted molar refractivity (Wildman–Crippen MR) is 80.0 cm³/mol. The SMILES string of the molecule is CCCCCCCCN=C1NC(C)(C)CCS1. The molecule has 1 fully saturated rings. The number of hydrogen-bond acceptors (Lipinski definition) is 2. The summed E-state index contributed by atoms with van der Waals surface area (Å²) in [6.45, 7) is 7.78. The smallest absolute Gasteiger partial charge is 0.156 e. The molecule has 3 heteroatoms. The van der Waals surface area contributed by atoms with Crippen LogP contribution in [0.3, 0.4) is 0 Å². The third-order valence-corrected chi connectivity index (χ3v) is 4.09. The Morgan fingerprint density at radius 1 is 1.18 bits per heavy atom. The summed E-state index contributed by atoms with van der Waals surface area (Å²) >= 11 is 1.88. The molecule has 0 bridgehead atoms. The van der Waals surface area contributed by atoms with Gasteiger partial charge in [-0.15, -0.1) is 0 Å². The fourth-order valence-electron chi connectivity index (χ4n) is 1.95. The molecule has 0 aromatic heterocycles. The monoisotopic (exact) mass is 256 g/mol. The van der Waals surface area contributed by atoms with Crippen LogP contribution in [-0.4, -0.2) is 23.0 Å². The van der Waals surface area contributed by atoms with Crippen molar-refractivity contribution in [2.75, 3.05) is 12.3 Å². The lowest BCUT2D eigenvalue weighted by molar-refractivity contribution is 0.446. The van der Waals surface area contributed by atoms with Crippen LogP contribution in [0, 0.1) is 0 Å². The second kappa shape index (κ2) is 8.02. The van der Waals surface area contributed by atoms with Crippen molar-refractivity contribution in [3.8, 4) is 0 Å². The molecule has 100 valence electrons. The van der Waals surface area contributed by atoms with Crippen molar-refractivity contribution in [1.82, 2.24) is 5.32 Å². The lowest BCUT2D eigenvalue weighted by Gasteiger charge is -2.32. The van der Waals surface area contributed by atoms with Crippen LogP contribution in [0.2, 0.25) is 0 Å². The first-order valence-corrected chi connectivity index (χ1v) is 8.08. The zero-order valence-corrected chi connectivity index (χ0v) is 12.5. The van der Waals surface area contributed by atoms with Gasteiger partial charge in [-0.05, 0) is 26.7 Å². The topological polar surface area (TPSA) is 24.4 Å². The number of unbranched alkanes of at least 4 members (excludes halogenated alkanes) is 5. The Kier molecular flexibility index (Phi) is 7.02. The summed E-state index contributed by atoms with van der Waals surface area (Å²) in [5.41, 5.74) is 0.241. The van der Waals surface area contributed by atoms with Crippen LogP contribution in [0.15, 0.2) is 4.99 Å². The van der Waals surface area contributed by atoms with E-state index >= 15 is 0 Å². The summed E-state index contributed by atoms with van der Waals surface area (Å²) in [5.74, 6) is 1.20. The Balaban J connectivity index is 2.08. The Morgan fingerprint density at radius 2 is 1.88 bits per heavy atom. The Hall–Kier alpha value is -0.180. The molecule has 0 saturated carbocycles. The zero-order chi connectivity index (χ0) is 12.6. The molecule has 0 aromatic carbocycles. The van der Waals surface area contributed by atoms with Crippen molar-refractivity contribution >= 4 is 16.9 Å². The maximum Gasteiger partial charge on any atom is 0.156 e. The van der Waals surface area contributed by atoms with Crippen molar-refractivity contribution in [2.24, 2.45) is 4.99 Å². The number of hydrogen-bond donors (Lipinski definition) is 1. The maximum atomic E-state index is 4.67. The quantitative estimate of drug-likeness (QED) is 0.690. The van der Waals surface area contributed by atoms with Gasteiger partial charge in [0.05, 0.1) is 0 Å². The van der Waals surface area contributed by atoms with E-state index in [2.05, 4.69) is 31.1 Å². The van der Waals surface area contributed by atoms with E-state index in [9.17, 15) is 0 Å². The molecule has 1 N–H and O–H groups in total. The highest BCUT2D eigenvalue weighted by Gasteiger charge is 2.23. The van der Waals surface area contributed by atoms with Gasteiger partial charge in [-0.3, -0.25) is 4.99 Å². The van der Waals surface area contributed by atoms with Gasteiger partial charge in [-0.1, -0.05) is 50.8 Å². The summed E-state index contributed by atoms with van der Waals surface area (Å²) in [5, 5.41) is 4.68. The van der Waals surface area contributed by atoms with Gasteiger partial charge in [0.25, 0.3) is 0 Å². The van der Waals surface area contributed by atoms with Crippen LogP contribution in [0.25, 0.3) is 0 Å². The molecule has 0 aliphatic carbocycles. The van der Waals surface area contributed by atoms with Crippen molar-refractivity contribution in [2.45, 2.75) is 71.3 Å². The molecule has 1 aliphatic rings. The second-order valence-electron chi connectivity index (χ2n) is 5.56. The highest BCUT2D eigenvalue weighted by Crippen LogP contribution is 2.21. The van der Waals surface area contributed by atoms with Crippen molar-refractivity contribution < 1.29 is 0 Å². The van der Waals surface area contributed by atoms with Crippen LogP contribution in [0.4, 0.5) is 0 Å². The molecular formula is C14H28N2S. The number of rotatable bonds is 7. The van der Waals surface area contributed by atoms with E-state index in [0.717, 1.165) is 11.7 Å². The molecule has 1 heterocycles. The number of nitrogens with one attached hydrogen (secondary N) is 1. The highest BCUT2D eigenvalue weighted by atomic mass is 32.2. The minimum Gasteiger partial charge on any atom is -0.360 e. The largest absolute Gasteiger partial charge is 0.360 e. The summed E-state index contributed by atoms with van der Waals surface area (Å²) in [6.07, 6.45) is 9.31. The molecule has 1 aliphatic heterocycles. The lowest BCUT2D eigenvalue weighted by Crippen LogP contribution is -2.46. The van der Waals surface area contributed by atoms with E-state index in [4.69, 9.17) is 0 Å². The Bertz CT molecular complexity index is 236. The number of amidine groups is 1. The van der Waals surface area contributed by atoms with Crippen LogP contribution in [0.5, 0.6) is 0 Å². The lowest BCUT2D eigenvalue weighted by atomic mass is 10.0. The Labute approximate surface area is 111 Å². The number of thioether (sulfide) groups is 1. The van der Waals surface area contributed by atoms with Gasteiger partial charge < -0.3 is 5.32 Å². The zero-order valence-electron chi connectivity index (χ0n) is 11.7. The first kappa shape index (κ1) is 14.9. The molecule has 0 unspecified atom stereocenters. The molecule has 0 spiro atoms. The van der Waals surface area contributed by atoms with Crippen LogP contribution in [0.1, 0.15) is 65.7 Å². The van der Waals surface area contributed by atoms with Crippen LogP contribution >= 0.6 is 11.8 Å². The predicted octanol–water partition coefficient (Wildman–Crippen LogP) is 4.21. The van der Waals surface area contributed by atoms with Crippen LogP contribution < -0.4 is 5.32 Å². The van der Waals surface area contributed by atoms with Crippen molar-refractivity contribution in [3.63, 3.8) is 0 Å². The minimum atomic E-state index is 0.241.